The summed E-state index contributed by atoms with van der Waals surface area (Å²) in [6.07, 6.45) is 0.371. The Morgan fingerprint density at radius 3 is 2.70 bits per heavy atom. The minimum absolute atomic E-state index is 0.180. The molecule has 0 atom stereocenters. The monoisotopic (exact) mass is 268 g/mol. The molecule has 1 aromatic heterocycles. The van der Waals surface area contributed by atoms with Crippen molar-refractivity contribution >= 4 is 11.6 Å². The third-order valence-corrected chi connectivity index (χ3v) is 2.93. The maximum atomic E-state index is 12.2. The molecule has 5 heteroatoms. The van der Waals surface area contributed by atoms with E-state index in [2.05, 4.69) is 16.5 Å². The molecule has 0 saturated heterocycles. The fourth-order valence-electron chi connectivity index (χ4n) is 1.96. The average Bonchev–Trinajstić information content (AvgIpc) is 2.82. The molecule has 5 nitrogen and oxygen atoms in total. The van der Waals surface area contributed by atoms with Crippen molar-refractivity contribution in [1.82, 2.24) is 9.78 Å². The fourth-order valence-corrected chi connectivity index (χ4v) is 1.96. The Balaban J connectivity index is 2.13. The van der Waals surface area contributed by atoms with Crippen LogP contribution in [0.3, 0.4) is 0 Å². The van der Waals surface area contributed by atoms with Crippen LogP contribution in [0.25, 0.3) is 0 Å². The first-order valence-electron chi connectivity index (χ1n) is 6.45. The van der Waals surface area contributed by atoms with Crippen molar-refractivity contribution < 1.29 is 4.79 Å². The third-order valence-electron chi connectivity index (χ3n) is 2.93. The van der Waals surface area contributed by atoms with E-state index in [1.807, 2.05) is 26.0 Å². The van der Waals surface area contributed by atoms with E-state index in [1.165, 1.54) is 0 Å². The topological polar surface area (TPSA) is 70.7 Å². The van der Waals surface area contributed by atoms with Crippen LogP contribution in [0.5, 0.6) is 0 Å². The molecule has 0 unspecified atom stereocenters. The number of aryl methyl sites for hydroxylation is 2. The van der Waals surface area contributed by atoms with Gasteiger partial charge in [0.15, 0.2) is 0 Å². The van der Waals surface area contributed by atoms with Crippen LogP contribution in [0.15, 0.2) is 30.3 Å². The zero-order valence-electron chi connectivity index (χ0n) is 11.6. The van der Waals surface area contributed by atoms with Gasteiger partial charge in [0.2, 0.25) is 0 Å². The van der Waals surface area contributed by atoms with Gasteiger partial charge in [0, 0.05) is 12.2 Å². The highest BCUT2D eigenvalue weighted by Crippen LogP contribution is 2.12. The van der Waals surface area contributed by atoms with E-state index in [0.29, 0.717) is 24.3 Å². The highest BCUT2D eigenvalue weighted by Gasteiger charge is 2.13. The van der Waals surface area contributed by atoms with Crippen LogP contribution >= 0.6 is 0 Å². The average molecular weight is 268 g/mol. The normalized spacial score (nSPS) is 10.1. The predicted octanol–water partition coefficient (Wildman–Crippen LogP) is 2.53. The summed E-state index contributed by atoms with van der Waals surface area (Å²) in [4.78, 5) is 12.2. The number of benzene rings is 1. The molecule has 0 fully saturated rings. The van der Waals surface area contributed by atoms with Crippen LogP contribution in [-0.4, -0.2) is 15.7 Å². The number of carbonyl (C=O) groups is 1. The SMILES string of the molecule is CCn1nc(C)cc1C(=O)Nc1ccc(CC#N)cc1. The summed E-state index contributed by atoms with van der Waals surface area (Å²) >= 11 is 0. The van der Waals surface area contributed by atoms with E-state index in [-0.39, 0.29) is 5.91 Å². The van der Waals surface area contributed by atoms with Crippen LogP contribution in [0, 0.1) is 18.3 Å². The van der Waals surface area contributed by atoms with E-state index >= 15 is 0 Å². The molecule has 0 aliphatic rings. The lowest BCUT2D eigenvalue weighted by Crippen LogP contribution is -2.17. The molecule has 0 aliphatic carbocycles. The minimum atomic E-state index is -0.180. The summed E-state index contributed by atoms with van der Waals surface area (Å²) < 4.78 is 1.68. The van der Waals surface area contributed by atoms with Gasteiger partial charge in [0.25, 0.3) is 5.91 Å². The van der Waals surface area contributed by atoms with Gasteiger partial charge in [0.1, 0.15) is 5.69 Å². The van der Waals surface area contributed by atoms with Crippen molar-refractivity contribution in [2.24, 2.45) is 0 Å². The molecule has 1 aromatic carbocycles. The summed E-state index contributed by atoms with van der Waals surface area (Å²) in [7, 11) is 0. The maximum Gasteiger partial charge on any atom is 0.273 e. The Labute approximate surface area is 117 Å². The van der Waals surface area contributed by atoms with E-state index in [9.17, 15) is 4.79 Å². The maximum absolute atomic E-state index is 12.2. The van der Waals surface area contributed by atoms with Gasteiger partial charge in [-0.25, -0.2) is 0 Å². The zero-order chi connectivity index (χ0) is 14.5. The molecule has 0 aliphatic heterocycles. The van der Waals surface area contributed by atoms with E-state index in [0.717, 1.165) is 11.3 Å². The first kappa shape index (κ1) is 13.8. The van der Waals surface area contributed by atoms with Crippen molar-refractivity contribution in [1.29, 1.82) is 5.26 Å². The molecule has 1 N–H and O–H groups in total. The Morgan fingerprint density at radius 2 is 2.10 bits per heavy atom. The third kappa shape index (κ3) is 3.04. The van der Waals surface area contributed by atoms with Crippen molar-refractivity contribution in [2.45, 2.75) is 26.8 Å². The van der Waals surface area contributed by atoms with E-state index in [4.69, 9.17) is 5.26 Å². The first-order chi connectivity index (χ1) is 9.63. The zero-order valence-corrected chi connectivity index (χ0v) is 11.6. The number of nitrogens with one attached hydrogen (secondary N) is 1. The van der Waals surface area contributed by atoms with Crippen LogP contribution in [-0.2, 0) is 13.0 Å². The molecule has 0 radical (unpaired) electrons. The molecule has 1 heterocycles. The van der Waals surface area contributed by atoms with Gasteiger partial charge in [-0.3, -0.25) is 9.48 Å². The van der Waals surface area contributed by atoms with Gasteiger partial charge in [-0.2, -0.15) is 10.4 Å². The van der Waals surface area contributed by atoms with E-state index < -0.39 is 0 Å². The highest BCUT2D eigenvalue weighted by molar-refractivity contribution is 6.03. The highest BCUT2D eigenvalue weighted by atomic mass is 16.2. The summed E-state index contributed by atoms with van der Waals surface area (Å²) in [5.41, 5.74) is 3.01. The standard InChI is InChI=1S/C15H16N4O/c1-3-19-14(10-11(2)18-19)15(20)17-13-6-4-12(5-7-13)8-9-16/h4-7,10H,3,8H2,1-2H3,(H,17,20). The Morgan fingerprint density at radius 1 is 1.40 bits per heavy atom. The number of hydrogen-bond donors (Lipinski definition) is 1. The first-order valence-corrected chi connectivity index (χ1v) is 6.45. The largest absolute Gasteiger partial charge is 0.321 e. The lowest BCUT2D eigenvalue weighted by atomic mass is 10.1. The smallest absolute Gasteiger partial charge is 0.273 e. The number of amides is 1. The molecule has 1 amide bonds. The predicted molar refractivity (Wildman–Crippen MR) is 76.4 cm³/mol. The molecule has 0 saturated carbocycles. The molecular weight excluding hydrogens is 252 g/mol. The van der Waals surface area contributed by atoms with Gasteiger partial charge in [-0.1, -0.05) is 12.1 Å². The number of aromatic nitrogens is 2. The van der Waals surface area contributed by atoms with Crippen LogP contribution in [0.1, 0.15) is 28.7 Å². The van der Waals surface area contributed by atoms with Gasteiger partial charge >= 0.3 is 0 Å². The number of hydrogen-bond acceptors (Lipinski definition) is 3. The molecule has 0 spiro atoms. The molecular formula is C15H16N4O. The van der Waals surface area contributed by atoms with Crippen LogP contribution in [0.2, 0.25) is 0 Å². The van der Waals surface area contributed by atoms with Gasteiger partial charge in [0.05, 0.1) is 18.2 Å². The van der Waals surface area contributed by atoms with Gasteiger partial charge in [-0.15, -0.1) is 0 Å². The number of anilines is 1. The number of rotatable bonds is 4. The Hall–Kier alpha value is -2.61. The Kier molecular flexibility index (Phi) is 4.16. The summed E-state index contributed by atoms with van der Waals surface area (Å²) in [5.74, 6) is -0.180. The molecule has 20 heavy (non-hydrogen) atoms. The fraction of sp³-hybridized carbons (Fsp3) is 0.267. The second kappa shape index (κ2) is 6.02. The molecule has 2 aromatic rings. The minimum Gasteiger partial charge on any atom is -0.321 e. The summed E-state index contributed by atoms with van der Waals surface area (Å²) in [5, 5.41) is 15.7. The van der Waals surface area contributed by atoms with Crippen LogP contribution in [0.4, 0.5) is 5.69 Å². The number of nitriles is 1. The summed E-state index contributed by atoms with van der Waals surface area (Å²) in [6, 6.07) is 11.1. The second-order valence-electron chi connectivity index (χ2n) is 4.47. The quantitative estimate of drug-likeness (QED) is 0.926. The van der Waals surface area contributed by atoms with Crippen molar-refractivity contribution in [3.63, 3.8) is 0 Å². The second-order valence-corrected chi connectivity index (χ2v) is 4.47. The number of nitrogens with zero attached hydrogens (tertiary/aromatic N) is 3. The van der Waals surface area contributed by atoms with Gasteiger partial charge < -0.3 is 5.32 Å². The van der Waals surface area contributed by atoms with Crippen LogP contribution < -0.4 is 5.32 Å². The lowest BCUT2D eigenvalue weighted by molar-refractivity contribution is 0.101. The molecule has 102 valence electrons. The molecule has 2 rings (SSSR count). The number of carbonyl (C=O) groups excluding carboxylic acids is 1. The lowest BCUT2D eigenvalue weighted by Gasteiger charge is -2.07. The molecule has 0 bridgehead atoms. The van der Waals surface area contributed by atoms with Crippen molar-refractivity contribution in [2.75, 3.05) is 5.32 Å². The van der Waals surface area contributed by atoms with Crippen molar-refractivity contribution in [3.8, 4) is 6.07 Å². The van der Waals surface area contributed by atoms with Gasteiger partial charge in [-0.05, 0) is 37.6 Å². The summed E-state index contributed by atoms with van der Waals surface area (Å²) in [6.45, 7) is 4.46. The Bertz CT molecular complexity index is 650. The van der Waals surface area contributed by atoms with Crippen molar-refractivity contribution in [3.05, 3.63) is 47.3 Å². The van der Waals surface area contributed by atoms with E-state index in [1.54, 1.807) is 22.9 Å².